The number of nitrogens with one attached hydrogen (secondary N) is 1. The molecule has 0 spiro atoms. The Morgan fingerprint density at radius 2 is 2.14 bits per heavy atom. The molecular weight excluding hydrogens is 180 g/mol. The Morgan fingerprint density at radius 3 is 2.64 bits per heavy atom. The quantitative estimate of drug-likeness (QED) is 0.680. The first kappa shape index (κ1) is 11.5. The van der Waals surface area contributed by atoms with Gasteiger partial charge < -0.3 is 15.3 Å². The molecular formula is C10H20N2O2. The van der Waals surface area contributed by atoms with Crippen LogP contribution in [0.5, 0.6) is 0 Å². The molecule has 4 heteroatoms. The smallest absolute Gasteiger partial charge is 0.317 e. The maximum Gasteiger partial charge on any atom is 0.317 e. The fourth-order valence-corrected chi connectivity index (χ4v) is 1.91. The first-order chi connectivity index (χ1) is 6.72. The molecule has 1 aliphatic rings. The van der Waals surface area contributed by atoms with E-state index in [1.165, 1.54) is 13.0 Å². The predicted octanol–water partition coefficient (Wildman–Crippen LogP) is 0.535. The average Bonchev–Trinajstić information content (AvgIpc) is 2.17. The fourth-order valence-electron chi connectivity index (χ4n) is 1.91. The van der Waals surface area contributed by atoms with Crippen LogP contribution in [0.1, 0.15) is 26.2 Å². The zero-order valence-corrected chi connectivity index (χ0v) is 8.83. The van der Waals surface area contributed by atoms with Crippen LogP contribution in [0.15, 0.2) is 0 Å². The van der Waals surface area contributed by atoms with Crippen molar-refractivity contribution in [1.29, 1.82) is 0 Å². The maximum absolute atomic E-state index is 10.3. The van der Waals surface area contributed by atoms with Gasteiger partial charge in [0.1, 0.15) is 0 Å². The SMILES string of the molecule is CCCN1CCC(NCC(=O)O)CC1. The minimum Gasteiger partial charge on any atom is -0.480 e. The van der Waals surface area contributed by atoms with E-state index in [2.05, 4.69) is 17.1 Å². The Kier molecular flexibility index (Phi) is 4.90. The van der Waals surface area contributed by atoms with Crippen molar-refractivity contribution in [3.8, 4) is 0 Å². The molecule has 0 saturated carbocycles. The highest BCUT2D eigenvalue weighted by molar-refractivity contribution is 5.69. The van der Waals surface area contributed by atoms with Crippen LogP contribution in [0, 0.1) is 0 Å². The maximum atomic E-state index is 10.3. The first-order valence-electron chi connectivity index (χ1n) is 5.40. The van der Waals surface area contributed by atoms with Gasteiger partial charge in [-0.25, -0.2) is 0 Å². The number of nitrogens with zero attached hydrogens (tertiary/aromatic N) is 1. The summed E-state index contributed by atoms with van der Waals surface area (Å²) in [5, 5.41) is 11.6. The molecule has 0 atom stereocenters. The van der Waals surface area contributed by atoms with Crippen LogP contribution in [0.25, 0.3) is 0 Å². The largest absolute Gasteiger partial charge is 0.480 e. The van der Waals surface area contributed by atoms with Gasteiger partial charge in [0.15, 0.2) is 0 Å². The van der Waals surface area contributed by atoms with Crippen molar-refractivity contribution < 1.29 is 9.90 Å². The van der Waals surface area contributed by atoms with Gasteiger partial charge in [0, 0.05) is 6.04 Å². The fraction of sp³-hybridized carbons (Fsp3) is 0.900. The zero-order chi connectivity index (χ0) is 10.4. The van der Waals surface area contributed by atoms with E-state index in [0.29, 0.717) is 6.04 Å². The summed E-state index contributed by atoms with van der Waals surface area (Å²) >= 11 is 0. The zero-order valence-electron chi connectivity index (χ0n) is 8.83. The van der Waals surface area contributed by atoms with E-state index < -0.39 is 5.97 Å². The van der Waals surface area contributed by atoms with Gasteiger partial charge in [0.05, 0.1) is 6.54 Å². The molecule has 0 radical (unpaired) electrons. The van der Waals surface area contributed by atoms with E-state index in [0.717, 1.165) is 25.9 Å². The summed E-state index contributed by atoms with van der Waals surface area (Å²) < 4.78 is 0. The molecule has 4 nitrogen and oxygen atoms in total. The third kappa shape index (κ3) is 4.07. The molecule has 0 bridgehead atoms. The summed E-state index contributed by atoms with van der Waals surface area (Å²) in [4.78, 5) is 12.8. The lowest BCUT2D eigenvalue weighted by Crippen LogP contribution is -2.44. The standard InChI is InChI=1S/C10H20N2O2/c1-2-5-12-6-3-9(4-7-12)11-8-10(13)14/h9,11H,2-8H2,1H3,(H,13,14). The number of aliphatic carboxylic acids is 1. The van der Waals surface area contributed by atoms with Crippen LogP contribution in [0.4, 0.5) is 0 Å². The number of hydrogen-bond donors (Lipinski definition) is 2. The molecule has 0 unspecified atom stereocenters. The Labute approximate surface area is 85.3 Å². The van der Waals surface area contributed by atoms with E-state index >= 15 is 0 Å². The summed E-state index contributed by atoms with van der Waals surface area (Å²) in [6.45, 7) is 5.66. The number of carbonyl (C=O) groups is 1. The van der Waals surface area contributed by atoms with Crippen molar-refractivity contribution in [2.75, 3.05) is 26.2 Å². The third-order valence-electron chi connectivity index (χ3n) is 2.67. The van der Waals surface area contributed by atoms with Crippen LogP contribution >= 0.6 is 0 Å². The molecule has 0 amide bonds. The minimum atomic E-state index is -0.763. The normalized spacial score (nSPS) is 19.8. The molecule has 1 fully saturated rings. The van der Waals surface area contributed by atoms with Gasteiger partial charge >= 0.3 is 5.97 Å². The summed E-state index contributed by atoms with van der Waals surface area (Å²) in [5.74, 6) is -0.763. The molecule has 1 aliphatic heterocycles. The van der Waals surface area contributed by atoms with Crippen LogP contribution in [-0.2, 0) is 4.79 Å². The molecule has 1 saturated heterocycles. The van der Waals surface area contributed by atoms with E-state index in [9.17, 15) is 4.79 Å². The summed E-state index contributed by atoms with van der Waals surface area (Å²) in [5.41, 5.74) is 0. The van der Waals surface area contributed by atoms with Gasteiger partial charge in [-0.15, -0.1) is 0 Å². The van der Waals surface area contributed by atoms with Crippen LogP contribution in [0.2, 0.25) is 0 Å². The lowest BCUT2D eigenvalue weighted by atomic mass is 10.1. The minimum absolute atomic E-state index is 0.0957. The Morgan fingerprint density at radius 1 is 1.50 bits per heavy atom. The molecule has 82 valence electrons. The highest BCUT2D eigenvalue weighted by atomic mass is 16.4. The predicted molar refractivity (Wildman–Crippen MR) is 55.4 cm³/mol. The van der Waals surface area contributed by atoms with Gasteiger partial charge in [-0.05, 0) is 38.9 Å². The summed E-state index contributed by atoms with van der Waals surface area (Å²) in [7, 11) is 0. The molecule has 2 N–H and O–H groups in total. The van der Waals surface area contributed by atoms with Gasteiger partial charge in [-0.1, -0.05) is 6.92 Å². The Hall–Kier alpha value is -0.610. The van der Waals surface area contributed by atoms with Gasteiger partial charge in [-0.3, -0.25) is 4.79 Å². The van der Waals surface area contributed by atoms with Crippen LogP contribution < -0.4 is 5.32 Å². The average molecular weight is 200 g/mol. The van der Waals surface area contributed by atoms with Crippen molar-refractivity contribution in [3.63, 3.8) is 0 Å². The highest BCUT2D eigenvalue weighted by Gasteiger charge is 2.18. The van der Waals surface area contributed by atoms with E-state index in [4.69, 9.17) is 5.11 Å². The summed E-state index contributed by atoms with van der Waals surface area (Å²) in [6.07, 6.45) is 3.35. The number of likely N-dealkylation sites (tertiary alicyclic amines) is 1. The number of rotatable bonds is 5. The van der Waals surface area contributed by atoms with Crippen molar-refractivity contribution in [2.45, 2.75) is 32.2 Å². The van der Waals surface area contributed by atoms with E-state index in [-0.39, 0.29) is 6.54 Å². The molecule has 1 rings (SSSR count). The Bertz CT molecular complexity index is 177. The lowest BCUT2D eigenvalue weighted by Gasteiger charge is -2.31. The lowest BCUT2D eigenvalue weighted by molar-refractivity contribution is -0.136. The summed E-state index contributed by atoms with van der Waals surface area (Å²) in [6, 6.07) is 0.402. The second-order valence-electron chi connectivity index (χ2n) is 3.89. The molecule has 1 heterocycles. The van der Waals surface area contributed by atoms with Crippen LogP contribution in [0.3, 0.4) is 0 Å². The molecule has 0 aromatic rings. The van der Waals surface area contributed by atoms with E-state index in [1.54, 1.807) is 0 Å². The van der Waals surface area contributed by atoms with Crippen LogP contribution in [-0.4, -0.2) is 48.2 Å². The van der Waals surface area contributed by atoms with Crippen molar-refractivity contribution in [2.24, 2.45) is 0 Å². The van der Waals surface area contributed by atoms with Gasteiger partial charge in [0.2, 0.25) is 0 Å². The second kappa shape index (κ2) is 5.98. The molecule has 0 aromatic carbocycles. The first-order valence-corrected chi connectivity index (χ1v) is 5.40. The Balaban J connectivity index is 2.12. The molecule has 14 heavy (non-hydrogen) atoms. The number of hydrogen-bond acceptors (Lipinski definition) is 3. The monoisotopic (exact) mass is 200 g/mol. The topological polar surface area (TPSA) is 52.6 Å². The number of carboxylic acid groups (broad SMARTS) is 1. The van der Waals surface area contributed by atoms with Gasteiger partial charge in [-0.2, -0.15) is 0 Å². The van der Waals surface area contributed by atoms with Gasteiger partial charge in [0.25, 0.3) is 0 Å². The van der Waals surface area contributed by atoms with Crippen molar-refractivity contribution in [1.82, 2.24) is 10.2 Å². The van der Waals surface area contributed by atoms with Crippen molar-refractivity contribution in [3.05, 3.63) is 0 Å². The third-order valence-corrected chi connectivity index (χ3v) is 2.67. The number of piperidine rings is 1. The molecule has 0 aromatic heterocycles. The highest BCUT2D eigenvalue weighted by Crippen LogP contribution is 2.09. The van der Waals surface area contributed by atoms with E-state index in [1.807, 2.05) is 0 Å². The number of carboxylic acids is 1. The molecule has 0 aliphatic carbocycles. The second-order valence-corrected chi connectivity index (χ2v) is 3.89. The van der Waals surface area contributed by atoms with Crippen molar-refractivity contribution >= 4 is 5.97 Å².